The van der Waals surface area contributed by atoms with Gasteiger partial charge in [-0.2, -0.15) is 11.3 Å². The first-order valence-electron chi connectivity index (χ1n) is 7.00. The van der Waals surface area contributed by atoms with Crippen molar-refractivity contribution in [2.24, 2.45) is 0 Å². The Hall–Kier alpha value is -1.65. The highest BCUT2D eigenvalue weighted by Gasteiger charge is 2.05. The molecule has 1 unspecified atom stereocenters. The lowest BCUT2D eigenvalue weighted by Gasteiger charge is -2.12. The Kier molecular flexibility index (Phi) is 4.14. The fourth-order valence-electron chi connectivity index (χ4n) is 2.40. The predicted octanol–water partition coefficient (Wildman–Crippen LogP) is 3.84. The summed E-state index contributed by atoms with van der Waals surface area (Å²) in [4.78, 5) is 4.42. The number of benzene rings is 1. The second kappa shape index (κ2) is 6.20. The largest absolute Gasteiger partial charge is 0.331 e. The second-order valence-electron chi connectivity index (χ2n) is 5.01. The van der Waals surface area contributed by atoms with Crippen molar-refractivity contribution in [2.45, 2.75) is 25.9 Å². The molecule has 0 fully saturated rings. The van der Waals surface area contributed by atoms with Crippen LogP contribution in [0.2, 0.25) is 0 Å². The predicted molar refractivity (Wildman–Crippen MR) is 85.1 cm³/mol. The van der Waals surface area contributed by atoms with Crippen LogP contribution in [0.1, 0.15) is 24.9 Å². The van der Waals surface area contributed by atoms with E-state index in [1.165, 1.54) is 11.1 Å². The molecule has 20 heavy (non-hydrogen) atoms. The van der Waals surface area contributed by atoms with Crippen molar-refractivity contribution in [3.05, 3.63) is 53.0 Å². The van der Waals surface area contributed by atoms with E-state index in [-0.39, 0.29) is 0 Å². The average Bonchev–Trinajstić information content (AvgIpc) is 3.13. The third kappa shape index (κ3) is 2.92. The first-order chi connectivity index (χ1) is 9.84. The van der Waals surface area contributed by atoms with Crippen LogP contribution in [0.25, 0.3) is 11.0 Å². The number of nitrogens with zero attached hydrogens (tertiary/aromatic N) is 2. The number of fused-ring (bicyclic) bond motifs is 1. The van der Waals surface area contributed by atoms with E-state index in [1.54, 1.807) is 11.3 Å². The van der Waals surface area contributed by atoms with Gasteiger partial charge in [-0.25, -0.2) is 4.98 Å². The number of hydrogen-bond donors (Lipinski definition) is 1. The standard InChI is InChI=1S/C16H19N3S/c1-13(14-7-10-20-11-14)17-8-4-9-19-12-18-15-5-2-3-6-16(15)19/h2-3,5-7,10-13,17H,4,8-9H2,1H3. The minimum Gasteiger partial charge on any atom is -0.331 e. The molecule has 0 saturated carbocycles. The number of imidazole rings is 1. The van der Waals surface area contributed by atoms with Crippen molar-refractivity contribution in [2.75, 3.05) is 6.54 Å². The molecule has 0 aliphatic rings. The number of hydrogen-bond acceptors (Lipinski definition) is 3. The summed E-state index contributed by atoms with van der Waals surface area (Å²) in [7, 11) is 0. The summed E-state index contributed by atoms with van der Waals surface area (Å²) in [5.41, 5.74) is 3.67. The summed E-state index contributed by atoms with van der Waals surface area (Å²) >= 11 is 1.75. The molecule has 0 radical (unpaired) electrons. The molecule has 2 aromatic heterocycles. The Balaban J connectivity index is 1.50. The summed E-state index contributed by atoms with van der Waals surface area (Å²) in [6, 6.07) is 10.9. The van der Waals surface area contributed by atoms with Crippen LogP contribution in [-0.4, -0.2) is 16.1 Å². The molecule has 3 nitrogen and oxygen atoms in total. The highest BCUT2D eigenvalue weighted by atomic mass is 32.1. The van der Waals surface area contributed by atoms with Crippen LogP contribution in [0.5, 0.6) is 0 Å². The van der Waals surface area contributed by atoms with Gasteiger partial charge in [-0.15, -0.1) is 0 Å². The molecule has 0 spiro atoms. The van der Waals surface area contributed by atoms with E-state index in [2.05, 4.69) is 56.8 Å². The van der Waals surface area contributed by atoms with E-state index in [4.69, 9.17) is 0 Å². The van der Waals surface area contributed by atoms with Crippen molar-refractivity contribution in [1.29, 1.82) is 0 Å². The van der Waals surface area contributed by atoms with Crippen LogP contribution in [-0.2, 0) is 6.54 Å². The van der Waals surface area contributed by atoms with Crippen LogP contribution in [0.4, 0.5) is 0 Å². The van der Waals surface area contributed by atoms with E-state index in [0.29, 0.717) is 6.04 Å². The van der Waals surface area contributed by atoms with Gasteiger partial charge in [-0.05, 0) is 54.4 Å². The monoisotopic (exact) mass is 285 g/mol. The van der Waals surface area contributed by atoms with Gasteiger partial charge < -0.3 is 9.88 Å². The van der Waals surface area contributed by atoms with E-state index in [9.17, 15) is 0 Å². The smallest absolute Gasteiger partial charge is 0.0958 e. The molecular formula is C16H19N3S. The maximum Gasteiger partial charge on any atom is 0.0958 e. The van der Waals surface area contributed by atoms with Crippen molar-refractivity contribution in [3.8, 4) is 0 Å². The van der Waals surface area contributed by atoms with Gasteiger partial charge in [-0.3, -0.25) is 0 Å². The topological polar surface area (TPSA) is 29.9 Å². The normalized spacial score (nSPS) is 12.8. The molecule has 1 N–H and O–H groups in total. The highest BCUT2D eigenvalue weighted by Crippen LogP contribution is 2.15. The Morgan fingerprint density at radius 2 is 2.20 bits per heavy atom. The summed E-state index contributed by atoms with van der Waals surface area (Å²) in [5, 5.41) is 7.91. The first kappa shape index (κ1) is 13.3. The lowest BCUT2D eigenvalue weighted by atomic mass is 10.2. The van der Waals surface area contributed by atoms with E-state index < -0.39 is 0 Å². The van der Waals surface area contributed by atoms with Crippen LogP contribution < -0.4 is 5.32 Å². The van der Waals surface area contributed by atoms with Gasteiger partial charge in [0.1, 0.15) is 0 Å². The number of thiophene rings is 1. The van der Waals surface area contributed by atoms with Gasteiger partial charge in [0.05, 0.1) is 17.4 Å². The molecule has 3 aromatic rings. The van der Waals surface area contributed by atoms with Crippen LogP contribution >= 0.6 is 11.3 Å². The Morgan fingerprint density at radius 3 is 3.05 bits per heavy atom. The lowest BCUT2D eigenvalue weighted by Crippen LogP contribution is -2.20. The quantitative estimate of drug-likeness (QED) is 0.697. The number of para-hydroxylation sites is 2. The molecule has 3 rings (SSSR count). The lowest BCUT2D eigenvalue weighted by molar-refractivity contribution is 0.531. The molecule has 4 heteroatoms. The molecule has 1 aromatic carbocycles. The molecular weight excluding hydrogens is 266 g/mol. The van der Waals surface area contributed by atoms with Crippen LogP contribution in [0.15, 0.2) is 47.4 Å². The van der Waals surface area contributed by atoms with Gasteiger partial charge in [0.2, 0.25) is 0 Å². The molecule has 1 atom stereocenters. The summed E-state index contributed by atoms with van der Waals surface area (Å²) in [6.45, 7) is 4.24. The fourth-order valence-corrected chi connectivity index (χ4v) is 3.15. The van der Waals surface area contributed by atoms with Crippen molar-refractivity contribution in [3.63, 3.8) is 0 Å². The van der Waals surface area contributed by atoms with E-state index in [0.717, 1.165) is 25.0 Å². The molecule has 0 amide bonds. The summed E-state index contributed by atoms with van der Waals surface area (Å²) < 4.78 is 2.23. The molecule has 0 bridgehead atoms. The molecule has 0 aliphatic carbocycles. The average molecular weight is 285 g/mol. The summed E-state index contributed by atoms with van der Waals surface area (Å²) in [5.74, 6) is 0. The SMILES string of the molecule is CC(NCCCn1cnc2ccccc21)c1ccsc1. The van der Waals surface area contributed by atoms with Gasteiger partial charge in [0, 0.05) is 12.6 Å². The van der Waals surface area contributed by atoms with Crippen molar-refractivity contribution >= 4 is 22.4 Å². The van der Waals surface area contributed by atoms with Crippen molar-refractivity contribution in [1.82, 2.24) is 14.9 Å². The van der Waals surface area contributed by atoms with Gasteiger partial charge in [-0.1, -0.05) is 12.1 Å². The highest BCUT2D eigenvalue weighted by molar-refractivity contribution is 7.07. The third-order valence-electron chi connectivity index (χ3n) is 3.60. The first-order valence-corrected chi connectivity index (χ1v) is 7.94. The van der Waals surface area contributed by atoms with E-state index >= 15 is 0 Å². The summed E-state index contributed by atoms with van der Waals surface area (Å²) in [6.07, 6.45) is 3.04. The van der Waals surface area contributed by atoms with Crippen molar-refractivity contribution < 1.29 is 0 Å². The van der Waals surface area contributed by atoms with Gasteiger partial charge >= 0.3 is 0 Å². The number of aryl methyl sites for hydroxylation is 1. The maximum atomic E-state index is 4.42. The number of nitrogens with one attached hydrogen (secondary N) is 1. The number of rotatable bonds is 6. The molecule has 104 valence electrons. The molecule has 2 heterocycles. The van der Waals surface area contributed by atoms with E-state index in [1.807, 2.05) is 12.4 Å². The zero-order valence-corrected chi connectivity index (χ0v) is 12.4. The Bertz CT molecular complexity index is 657. The van der Waals surface area contributed by atoms with Gasteiger partial charge in [0.15, 0.2) is 0 Å². The third-order valence-corrected chi connectivity index (χ3v) is 4.30. The Morgan fingerprint density at radius 1 is 1.30 bits per heavy atom. The Labute approximate surface area is 123 Å². The molecule has 0 saturated heterocycles. The van der Waals surface area contributed by atoms with Crippen LogP contribution in [0.3, 0.4) is 0 Å². The fraction of sp³-hybridized carbons (Fsp3) is 0.312. The maximum absolute atomic E-state index is 4.42. The number of aromatic nitrogens is 2. The minimum atomic E-state index is 0.431. The van der Waals surface area contributed by atoms with Gasteiger partial charge in [0.25, 0.3) is 0 Å². The second-order valence-corrected chi connectivity index (χ2v) is 5.79. The van der Waals surface area contributed by atoms with Crippen LogP contribution in [0, 0.1) is 0 Å². The zero-order valence-electron chi connectivity index (χ0n) is 11.6. The minimum absolute atomic E-state index is 0.431. The molecule has 0 aliphatic heterocycles. The zero-order chi connectivity index (χ0) is 13.8.